The standard InChI is InChI=1S/C16H25NO3/c1-13(2)8-10-19-11-9-15(17)16(18)20-12-14-6-4-3-5-7-14/h3-7,13,15H,8-12,17H2,1-2H3. The molecule has 0 amide bonds. The molecule has 20 heavy (non-hydrogen) atoms. The maximum atomic E-state index is 11.7. The van der Waals surface area contributed by atoms with E-state index in [4.69, 9.17) is 15.2 Å². The molecule has 0 heterocycles. The first-order valence-electron chi connectivity index (χ1n) is 7.13. The van der Waals surface area contributed by atoms with Crippen molar-refractivity contribution in [1.29, 1.82) is 0 Å². The zero-order valence-corrected chi connectivity index (χ0v) is 12.4. The van der Waals surface area contributed by atoms with Gasteiger partial charge in [0.25, 0.3) is 0 Å². The van der Waals surface area contributed by atoms with Crippen LogP contribution in [0.4, 0.5) is 0 Å². The molecule has 1 rings (SSSR count). The highest BCUT2D eigenvalue weighted by Crippen LogP contribution is 2.03. The van der Waals surface area contributed by atoms with E-state index in [0.717, 1.165) is 12.0 Å². The highest BCUT2D eigenvalue weighted by atomic mass is 16.5. The van der Waals surface area contributed by atoms with Crippen molar-refractivity contribution in [3.8, 4) is 0 Å². The SMILES string of the molecule is CC(C)CCOCCC(N)C(=O)OCc1ccccc1. The van der Waals surface area contributed by atoms with E-state index in [1.54, 1.807) is 0 Å². The average molecular weight is 279 g/mol. The van der Waals surface area contributed by atoms with Gasteiger partial charge in [-0.25, -0.2) is 0 Å². The van der Waals surface area contributed by atoms with E-state index in [1.165, 1.54) is 0 Å². The summed E-state index contributed by atoms with van der Waals surface area (Å²) in [5.41, 5.74) is 6.73. The Hall–Kier alpha value is -1.39. The minimum Gasteiger partial charge on any atom is -0.460 e. The molecular formula is C16H25NO3. The summed E-state index contributed by atoms with van der Waals surface area (Å²) in [6.45, 7) is 5.77. The Morgan fingerprint density at radius 3 is 2.45 bits per heavy atom. The molecule has 0 aliphatic carbocycles. The third kappa shape index (κ3) is 7.26. The fraction of sp³-hybridized carbons (Fsp3) is 0.562. The van der Waals surface area contributed by atoms with Crippen LogP contribution >= 0.6 is 0 Å². The van der Waals surface area contributed by atoms with Gasteiger partial charge in [-0.05, 0) is 24.3 Å². The lowest BCUT2D eigenvalue weighted by Gasteiger charge is -2.12. The van der Waals surface area contributed by atoms with E-state index in [9.17, 15) is 4.79 Å². The topological polar surface area (TPSA) is 61.5 Å². The molecule has 1 aromatic rings. The third-order valence-corrected chi connectivity index (χ3v) is 2.94. The summed E-state index contributed by atoms with van der Waals surface area (Å²) in [5, 5.41) is 0. The van der Waals surface area contributed by atoms with E-state index in [0.29, 0.717) is 25.6 Å². The first kappa shape index (κ1) is 16.7. The van der Waals surface area contributed by atoms with Gasteiger partial charge < -0.3 is 15.2 Å². The molecule has 0 saturated carbocycles. The second-order valence-electron chi connectivity index (χ2n) is 5.28. The summed E-state index contributed by atoms with van der Waals surface area (Å²) < 4.78 is 10.6. The molecule has 4 nitrogen and oxygen atoms in total. The van der Waals surface area contributed by atoms with Gasteiger partial charge in [0, 0.05) is 13.2 Å². The van der Waals surface area contributed by atoms with Crippen LogP contribution in [-0.2, 0) is 20.9 Å². The first-order chi connectivity index (χ1) is 9.59. The molecule has 112 valence electrons. The molecule has 0 spiro atoms. The smallest absolute Gasteiger partial charge is 0.323 e. The van der Waals surface area contributed by atoms with Crippen LogP contribution in [0.2, 0.25) is 0 Å². The maximum absolute atomic E-state index is 11.7. The van der Waals surface area contributed by atoms with Crippen molar-refractivity contribution in [1.82, 2.24) is 0 Å². The zero-order valence-electron chi connectivity index (χ0n) is 12.4. The van der Waals surface area contributed by atoms with Crippen molar-refractivity contribution in [2.75, 3.05) is 13.2 Å². The third-order valence-electron chi connectivity index (χ3n) is 2.94. The van der Waals surface area contributed by atoms with E-state index in [2.05, 4.69) is 13.8 Å². The van der Waals surface area contributed by atoms with Gasteiger partial charge in [0.05, 0.1) is 0 Å². The fourth-order valence-corrected chi connectivity index (χ4v) is 1.58. The predicted octanol–water partition coefficient (Wildman–Crippen LogP) is 2.51. The van der Waals surface area contributed by atoms with Crippen molar-refractivity contribution >= 4 is 5.97 Å². The molecular weight excluding hydrogens is 254 g/mol. The number of carbonyl (C=O) groups excluding carboxylic acids is 1. The van der Waals surface area contributed by atoms with Crippen LogP contribution in [-0.4, -0.2) is 25.2 Å². The van der Waals surface area contributed by atoms with Crippen molar-refractivity contribution in [2.24, 2.45) is 11.7 Å². The molecule has 2 N–H and O–H groups in total. The molecule has 0 bridgehead atoms. The molecule has 0 fully saturated rings. The van der Waals surface area contributed by atoms with Gasteiger partial charge in [0.2, 0.25) is 0 Å². The Bertz CT molecular complexity index is 379. The fourth-order valence-electron chi connectivity index (χ4n) is 1.58. The number of benzene rings is 1. The maximum Gasteiger partial charge on any atom is 0.323 e. The van der Waals surface area contributed by atoms with Crippen LogP contribution in [0.3, 0.4) is 0 Å². The summed E-state index contributed by atoms with van der Waals surface area (Å²) in [4.78, 5) is 11.7. The Morgan fingerprint density at radius 1 is 1.15 bits per heavy atom. The van der Waals surface area contributed by atoms with Gasteiger partial charge in [-0.1, -0.05) is 44.2 Å². The van der Waals surface area contributed by atoms with Crippen LogP contribution in [0.25, 0.3) is 0 Å². The van der Waals surface area contributed by atoms with Crippen LogP contribution in [0.1, 0.15) is 32.3 Å². The largest absolute Gasteiger partial charge is 0.460 e. The number of ether oxygens (including phenoxy) is 2. The molecule has 4 heteroatoms. The summed E-state index contributed by atoms with van der Waals surface area (Å²) in [5.74, 6) is 0.251. The molecule has 0 aliphatic heterocycles. The summed E-state index contributed by atoms with van der Waals surface area (Å²) in [6.07, 6.45) is 1.51. The van der Waals surface area contributed by atoms with E-state index < -0.39 is 6.04 Å². The van der Waals surface area contributed by atoms with Crippen LogP contribution in [0.5, 0.6) is 0 Å². The van der Waals surface area contributed by atoms with Crippen molar-refractivity contribution in [3.05, 3.63) is 35.9 Å². The number of carbonyl (C=O) groups is 1. The highest BCUT2D eigenvalue weighted by molar-refractivity contribution is 5.75. The van der Waals surface area contributed by atoms with E-state index >= 15 is 0 Å². The highest BCUT2D eigenvalue weighted by Gasteiger charge is 2.14. The molecule has 1 atom stereocenters. The van der Waals surface area contributed by atoms with E-state index in [1.807, 2.05) is 30.3 Å². The minimum atomic E-state index is -0.613. The summed E-state index contributed by atoms with van der Waals surface area (Å²) in [7, 11) is 0. The lowest BCUT2D eigenvalue weighted by Crippen LogP contribution is -2.33. The second kappa shape index (κ2) is 9.50. The molecule has 0 radical (unpaired) electrons. The Labute approximate surface area is 121 Å². The van der Waals surface area contributed by atoms with Crippen LogP contribution in [0, 0.1) is 5.92 Å². The summed E-state index contributed by atoms with van der Waals surface area (Å²) >= 11 is 0. The van der Waals surface area contributed by atoms with Gasteiger partial charge in [-0.15, -0.1) is 0 Å². The van der Waals surface area contributed by atoms with Gasteiger partial charge >= 0.3 is 5.97 Å². The predicted molar refractivity (Wildman–Crippen MR) is 79.1 cm³/mol. The van der Waals surface area contributed by atoms with Gasteiger partial charge in [0.1, 0.15) is 12.6 Å². The Balaban J connectivity index is 2.13. The van der Waals surface area contributed by atoms with Crippen molar-refractivity contribution in [2.45, 2.75) is 39.3 Å². The Morgan fingerprint density at radius 2 is 1.80 bits per heavy atom. The first-order valence-corrected chi connectivity index (χ1v) is 7.13. The molecule has 0 saturated heterocycles. The molecule has 1 aromatic carbocycles. The van der Waals surface area contributed by atoms with Crippen LogP contribution in [0.15, 0.2) is 30.3 Å². The van der Waals surface area contributed by atoms with Gasteiger partial charge in [-0.3, -0.25) is 4.79 Å². The van der Waals surface area contributed by atoms with Crippen LogP contribution < -0.4 is 5.73 Å². The monoisotopic (exact) mass is 279 g/mol. The Kier molecular flexibility index (Phi) is 7.92. The quantitative estimate of drug-likeness (QED) is 0.557. The molecule has 1 unspecified atom stereocenters. The number of nitrogens with two attached hydrogens (primary N) is 1. The summed E-state index contributed by atoms with van der Waals surface area (Å²) in [6, 6.07) is 8.95. The average Bonchev–Trinajstić information content (AvgIpc) is 2.45. The number of hydrogen-bond acceptors (Lipinski definition) is 4. The molecule has 0 aliphatic rings. The van der Waals surface area contributed by atoms with Gasteiger partial charge in [0.15, 0.2) is 0 Å². The molecule has 0 aromatic heterocycles. The van der Waals surface area contributed by atoms with E-state index in [-0.39, 0.29) is 12.6 Å². The van der Waals surface area contributed by atoms with Crippen molar-refractivity contribution in [3.63, 3.8) is 0 Å². The minimum absolute atomic E-state index is 0.265. The zero-order chi connectivity index (χ0) is 14.8. The van der Waals surface area contributed by atoms with Crippen molar-refractivity contribution < 1.29 is 14.3 Å². The number of esters is 1. The lowest BCUT2D eigenvalue weighted by atomic mass is 10.1. The number of rotatable bonds is 9. The second-order valence-corrected chi connectivity index (χ2v) is 5.28. The lowest BCUT2D eigenvalue weighted by molar-refractivity contribution is -0.147. The van der Waals surface area contributed by atoms with Gasteiger partial charge in [-0.2, -0.15) is 0 Å². The number of hydrogen-bond donors (Lipinski definition) is 1. The normalized spacial score (nSPS) is 12.4.